The zero-order valence-electron chi connectivity index (χ0n) is 17.5. The smallest absolute Gasteiger partial charge is 0.265 e. The fraction of sp³-hybridized carbons (Fsp3) is 0.273. The molecular weight excluding hydrogens is 416 g/mol. The molecule has 0 aliphatic heterocycles. The van der Waals surface area contributed by atoms with E-state index in [2.05, 4.69) is 15.0 Å². The molecule has 1 aromatic heterocycles. The van der Waals surface area contributed by atoms with E-state index in [-0.39, 0.29) is 22.1 Å². The number of aryl methyl sites for hydroxylation is 2. The van der Waals surface area contributed by atoms with Crippen LogP contribution in [0.2, 0.25) is 0 Å². The number of rotatable bonds is 10. The van der Waals surface area contributed by atoms with Crippen molar-refractivity contribution in [3.63, 3.8) is 0 Å². The van der Waals surface area contributed by atoms with Crippen LogP contribution in [0.1, 0.15) is 28.8 Å². The van der Waals surface area contributed by atoms with E-state index in [4.69, 9.17) is 4.74 Å². The monoisotopic (exact) mass is 442 g/mol. The number of sulfonamides is 1. The van der Waals surface area contributed by atoms with E-state index in [9.17, 15) is 13.2 Å². The molecule has 8 nitrogen and oxygen atoms in total. The second kappa shape index (κ2) is 10.1. The first kappa shape index (κ1) is 22.4. The van der Waals surface area contributed by atoms with Crippen LogP contribution in [0, 0.1) is 6.92 Å². The number of methoxy groups -OCH3 is 1. The maximum Gasteiger partial charge on any atom is 0.265 e. The van der Waals surface area contributed by atoms with Crippen molar-refractivity contribution in [2.45, 2.75) is 31.2 Å². The number of carbonyl (C=O) groups is 1. The summed E-state index contributed by atoms with van der Waals surface area (Å²) in [5.41, 5.74) is 1.70. The summed E-state index contributed by atoms with van der Waals surface area (Å²) < 4.78 is 35.6. The van der Waals surface area contributed by atoms with E-state index in [0.717, 1.165) is 24.9 Å². The van der Waals surface area contributed by atoms with Crippen LogP contribution >= 0.6 is 0 Å². The summed E-state index contributed by atoms with van der Waals surface area (Å²) in [6.07, 6.45) is 7.05. The number of carbonyl (C=O) groups excluding carboxylic acids is 1. The number of nitrogens with zero attached hydrogens (tertiary/aromatic N) is 2. The van der Waals surface area contributed by atoms with E-state index >= 15 is 0 Å². The van der Waals surface area contributed by atoms with Crippen molar-refractivity contribution in [3.05, 3.63) is 72.3 Å². The second-order valence-corrected chi connectivity index (χ2v) is 8.75. The normalized spacial score (nSPS) is 11.2. The van der Waals surface area contributed by atoms with Gasteiger partial charge in [0.15, 0.2) is 0 Å². The zero-order chi connectivity index (χ0) is 22.3. The molecule has 0 aliphatic carbocycles. The Morgan fingerprint density at radius 1 is 1.13 bits per heavy atom. The quantitative estimate of drug-likeness (QED) is 0.470. The summed E-state index contributed by atoms with van der Waals surface area (Å²) in [7, 11) is -2.55. The molecule has 1 amide bonds. The molecule has 0 spiro atoms. The van der Waals surface area contributed by atoms with Gasteiger partial charge in [-0.2, -0.15) is 0 Å². The number of anilines is 1. The molecule has 0 aliphatic rings. The van der Waals surface area contributed by atoms with Gasteiger partial charge in [-0.15, -0.1) is 0 Å². The van der Waals surface area contributed by atoms with Crippen LogP contribution in [0.5, 0.6) is 5.75 Å². The summed E-state index contributed by atoms with van der Waals surface area (Å²) >= 11 is 0. The number of hydrogen-bond donors (Lipinski definition) is 2. The standard InChI is InChI=1S/C22H26N4O4S/c1-17-5-8-19(9-6-17)25-31(28,29)21-15-18(7-10-20(21)30-2)22(27)24-11-3-4-13-26-14-12-23-16-26/h5-10,12,14-16,25H,3-4,11,13H2,1-2H3,(H,24,27). The van der Waals surface area contributed by atoms with Crippen LogP contribution in [0.25, 0.3) is 0 Å². The van der Waals surface area contributed by atoms with Gasteiger partial charge in [-0.05, 0) is 50.1 Å². The van der Waals surface area contributed by atoms with Gasteiger partial charge in [0.05, 0.1) is 13.4 Å². The number of imidazole rings is 1. The Morgan fingerprint density at radius 3 is 2.58 bits per heavy atom. The SMILES string of the molecule is COc1ccc(C(=O)NCCCCn2ccnc2)cc1S(=O)(=O)Nc1ccc(C)cc1. The maximum absolute atomic E-state index is 12.9. The third-order valence-corrected chi connectivity index (χ3v) is 6.11. The lowest BCUT2D eigenvalue weighted by atomic mass is 10.2. The first-order valence-corrected chi connectivity index (χ1v) is 11.4. The molecule has 0 radical (unpaired) electrons. The number of amides is 1. The van der Waals surface area contributed by atoms with Gasteiger partial charge in [-0.1, -0.05) is 17.7 Å². The average molecular weight is 443 g/mol. The van der Waals surface area contributed by atoms with Crippen LogP contribution in [-0.2, 0) is 16.6 Å². The van der Waals surface area contributed by atoms with Crippen molar-refractivity contribution in [1.29, 1.82) is 0 Å². The van der Waals surface area contributed by atoms with Gasteiger partial charge < -0.3 is 14.6 Å². The highest BCUT2D eigenvalue weighted by Crippen LogP contribution is 2.27. The van der Waals surface area contributed by atoms with Crippen molar-refractivity contribution >= 4 is 21.6 Å². The molecule has 0 fully saturated rings. The summed E-state index contributed by atoms with van der Waals surface area (Å²) in [6.45, 7) is 3.23. The third-order valence-electron chi connectivity index (χ3n) is 4.71. The first-order valence-electron chi connectivity index (χ1n) is 9.90. The minimum Gasteiger partial charge on any atom is -0.495 e. The molecular formula is C22H26N4O4S. The summed E-state index contributed by atoms with van der Waals surface area (Å²) in [4.78, 5) is 16.4. The fourth-order valence-corrected chi connectivity index (χ4v) is 4.26. The van der Waals surface area contributed by atoms with Gasteiger partial charge in [0.2, 0.25) is 0 Å². The van der Waals surface area contributed by atoms with Crippen molar-refractivity contribution in [3.8, 4) is 5.75 Å². The number of ether oxygens (including phenoxy) is 1. The van der Waals surface area contributed by atoms with Crippen LogP contribution in [-0.4, -0.2) is 37.5 Å². The second-order valence-electron chi connectivity index (χ2n) is 7.10. The number of nitrogens with one attached hydrogen (secondary N) is 2. The lowest BCUT2D eigenvalue weighted by Crippen LogP contribution is -2.25. The average Bonchev–Trinajstić information content (AvgIpc) is 3.28. The van der Waals surface area contributed by atoms with E-state index < -0.39 is 10.0 Å². The van der Waals surface area contributed by atoms with Crippen LogP contribution in [0.4, 0.5) is 5.69 Å². The van der Waals surface area contributed by atoms with E-state index in [1.165, 1.54) is 19.2 Å². The van der Waals surface area contributed by atoms with E-state index in [1.807, 2.05) is 29.8 Å². The maximum atomic E-state index is 12.9. The first-order chi connectivity index (χ1) is 14.9. The lowest BCUT2D eigenvalue weighted by Gasteiger charge is -2.13. The molecule has 2 aromatic carbocycles. The Hall–Kier alpha value is -3.33. The Kier molecular flexibility index (Phi) is 7.30. The Bertz CT molecular complexity index is 1110. The fourth-order valence-electron chi connectivity index (χ4n) is 3.00. The Labute approximate surface area is 182 Å². The number of benzene rings is 2. The Morgan fingerprint density at radius 2 is 1.90 bits per heavy atom. The van der Waals surface area contributed by atoms with Gasteiger partial charge in [0.25, 0.3) is 15.9 Å². The molecule has 0 unspecified atom stereocenters. The number of unbranched alkanes of at least 4 members (excludes halogenated alkanes) is 1. The van der Waals surface area contributed by atoms with E-state index in [1.54, 1.807) is 30.7 Å². The molecule has 9 heteroatoms. The van der Waals surface area contributed by atoms with Gasteiger partial charge in [-0.3, -0.25) is 9.52 Å². The molecule has 0 bridgehead atoms. The zero-order valence-corrected chi connectivity index (χ0v) is 18.4. The highest BCUT2D eigenvalue weighted by Gasteiger charge is 2.22. The van der Waals surface area contributed by atoms with Crippen LogP contribution < -0.4 is 14.8 Å². The molecule has 0 atom stereocenters. The van der Waals surface area contributed by atoms with Crippen molar-refractivity contribution in [2.75, 3.05) is 18.4 Å². The minimum absolute atomic E-state index is 0.0941. The van der Waals surface area contributed by atoms with Gasteiger partial charge in [0, 0.05) is 36.7 Å². The predicted octanol–water partition coefficient (Wildman–Crippen LogP) is 3.21. The van der Waals surface area contributed by atoms with Gasteiger partial charge >= 0.3 is 0 Å². The molecule has 2 N–H and O–H groups in total. The predicted molar refractivity (Wildman–Crippen MR) is 119 cm³/mol. The molecule has 31 heavy (non-hydrogen) atoms. The Balaban J connectivity index is 1.65. The van der Waals surface area contributed by atoms with Gasteiger partial charge in [0.1, 0.15) is 10.6 Å². The van der Waals surface area contributed by atoms with Crippen LogP contribution in [0.3, 0.4) is 0 Å². The van der Waals surface area contributed by atoms with Crippen molar-refractivity contribution < 1.29 is 17.9 Å². The highest BCUT2D eigenvalue weighted by atomic mass is 32.2. The largest absolute Gasteiger partial charge is 0.495 e. The van der Waals surface area contributed by atoms with Crippen LogP contribution in [0.15, 0.2) is 66.1 Å². The molecule has 3 aromatic rings. The molecule has 0 saturated heterocycles. The molecule has 164 valence electrons. The molecule has 0 saturated carbocycles. The molecule has 1 heterocycles. The lowest BCUT2D eigenvalue weighted by molar-refractivity contribution is 0.0952. The summed E-state index contributed by atoms with van der Waals surface area (Å²) in [5, 5.41) is 2.83. The number of aromatic nitrogens is 2. The molecule has 3 rings (SSSR count). The highest BCUT2D eigenvalue weighted by molar-refractivity contribution is 7.92. The topological polar surface area (TPSA) is 102 Å². The third kappa shape index (κ3) is 6.08. The van der Waals surface area contributed by atoms with E-state index in [0.29, 0.717) is 12.2 Å². The van der Waals surface area contributed by atoms with Gasteiger partial charge in [-0.25, -0.2) is 13.4 Å². The van der Waals surface area contributed by atoms with Crippen molar-refractivity contribution in [1.82, 2.24) is 14.9 Å². The summed E-state index contributed by atoms with van der Waals surface area (Å²) in [5.74, 6) is -0.173. The van der Waals surface area contributed by atoms with Crippen molar-refractivity contribution in [2.24, 2.45) is 0 Å². The summed E-state index contributed by atoms with van der Waals surface area (Å²) in [6, 6.07) is 11.3. The number of hydrogen-bond acceptors (Lipinski definition) is 5. The minimum atomic E-state index is -3.94.